The molecule has 1 amide bonds. The van der Waals surface area contributed by atoms with Crippen LogP contribution in [-0.4, -0.2) is 51.9 Å². The van der Waals surface area contributed by atoms with Crippen LogP contribution in [0.1, 0.15) is 31.2 Å². The third-order valence-corrected chi connectivity index (χ3v) is 6.81. The molecule has 8 heteroatoms. The fraction of sp³-hybridized carbons (Fsp3) is 0.632. The highest BCUT2D eigenvalue weighted by Crippen LogP contribution is 2.21. The number of hydrogen-bond acceptors (Lipinski definition) is 4. The van der Waals surface area contributed by atoms with Crippen LogP contribution in [0.2, 0.25) is 0 Å². The van der Waals surface area contributed by atoms with Crippen molar-refractivity contribution in [3.05, 3.63) is 29.8 Å². The van der Waals surface area contributed by atoms with E-state index in [1.54, 1.807) is 24.3 Å². The van der Waals surface area contributed by atoms with Crippen molar-refractivity contribution in [3.8, 4) is 0 Å². The van der Waals surface area contributed by atoms with E-state index in [0.29, 0.717) is 18.0 Å². The molecule has 2 fully saturated rings. The smallest absolute Gasteiger partial charge is 0.240 e. The van der Waals surface area contributed by atoms with Gasteiger partial charge in [0, 0.05) is 26.2 Å². The van der Waals surface area contributed by atoms with Crippen molar-refractivity contribution in [1.82, 2.24) is 14.9 Å². The van der Waals surface area contributed by atoms with Crippen molar-refractivity contribution in [2.75, 3.05) is 32.7 Å². The Morgan fingerprint density at radius 2 is 1.96 bits per heavy atom. The number of aryl methyl sites for hydroxylation is 1. The molecule has 152 valence electrons. The highest BCUT2D eigenvalue weighted by Gasteiger charge is 2.30. The minimum absolute atomic E-state index is 0. The molecule has 0 bridgehead atoms. The van der Waals surface area contributed by atoms with Gasteiger partial charge < -0.3 is 10.2 Å². The molecule has 2 saturated heterocycles. The number of amides is 1. The normalized spacial score (nSPS) is 23.5. The van der Waals surface area contributed by atoms with Crippen molar-refractivity contribution in [2.24, 2.45) is 11.8 Å². The van der Waals surface area contributed by atoms with Crippen LogP contribution in [-0.2, 0) is 14.8 Å². The van der Waals surface area contributed by atoms with Crippen molar-refractivity contribution in [1.29, 1.82) is 0 Å². The van der Waals surface area contributed by atoms with E-state index in [-0.39, 0.29) is 30.2 Å². The van der Waals surface area contributed by atoms with Crippen LogP contribution in [0.4, 0.5) is 0 Å². The lowest BCUT2D eigenvalue weighted by Gasteiger charge is -2.36. The number of likely N-dealkylation sites (tertiary alicyclic amines) is 1. The first-order valence-corrected chi connectivity index (χ1v) is 11.0. The average molecular weight is 416 g/mol. The molecule has 0 saturated carbocycles. The first-order valence-electron chi connectivity index (χ1n) is 9.51. The fourth-order valence-corrected chi connectivity index (χ4v) is 4.90. The van der Waals surface area contributed by atoms with Crippen molar-refractivity contribution in [3.63, 3.8) is 0 Å². The number of carbonyl (C=O) groups excluding carboxylic acids is 1. The number of rotatable bonds is 5. The zero-order chi connectivity index (χ0) is 18.6. The maximum Gasteiger partial charge on any atom is 0.240 e. The van der Waals surface area contributed by atoms with Gasteiger partial charge in [0.1, 0.15) is 0 Å². The van der Waals surface area contributed by atoms with E-state index >= 15 is 0 Å². The quantitative estimate of drug-likeness (QED) is 0.770. The largest absolute Gasteiger partial charge is 0.342 e. The van der Waals surface area contributed by atoms with Crippen LogP contribution in [0, 0.1) is 18.8 Å². The van der Waals surface area contributed by atoms with Crippen molar-refractivity contribution in [2.45, 2.75) is 37.5 Å². The van der Waals surface area contributed by atoms with E-state index in [9.17, 15) is 13.2 Å². The number of carbonyl (C=O) groups is 1. The first kappa shape index (κ1) is 22.1. The number of nitrogens with zero attached hydrogens (tertiary/aromatic N) is 1. The average Bonchev–Trinajstić information content (AvgIpc) is 2.67. The molecule has 0 aliphatic carbocycles. The zero-order valence-corrected chi connectivity index (χ0v) is 17.4. The standard InChI is InChI=1S/C19H29N3O3S.ClH/c1-15-6-8-18(9-7-15)26(24,25)21-12-16-4-3-11-22(14-16)19(23)17-5-2-10-20-13-17;/h6-9,16-17,20-21H,2-5,10-14H2,1H3;1H. The molecule has 2 atom stereocenters. The molecule has 0 spiro atoms. The Labute approximate surface area is 168 Å². The number of piperidine rings is 2. The second-order valence-corrected chi connectivity index (χ2v) is 9.27. The predicted molar refractivity (Wildman–Crippen MR) is 109 cm³/mol. The Bertz CT molecular complexity index is 718. The van der Waals surface area contributed by atoms with Crippen LogP contribution >= 0.6 is 12.4 Å². The van der Waals surface area contributed by atoms with E-state index < -0.39 is 10.0 Å². The maximum atomic E-state index is 12.7. The lowest BCUT2D eigenvalue weighted by Crippen LogP contribution is -2.48. The number of benzene rings is 1. The second kappa shape index (κ2) is 9.87. The molecule has 2 aliphatic heterocycles. The molecular weight excluding hydrogens is 386 g/mol. The molecule has 0 radical (unpaired) electrons. The summed E-state index contributed by atoms with van der Waals surface area (Å²) in [5, 5.41) is 3.29. The summed E-state index contributed by atoms with van der Waals surface area (Å²) in [6, 6.07) is 6.86. The second-order valence-electron chi connectivity index (χ2n) is 7.50. The molecule has 2 aliphatic rings. The SMILES string of the molecule is Cc1ccc(S(=O)(=O)NCC2CCCN(C(=O)C3CCCNC3)C2)cc1.Cl. The molecule has 0 aromatic heterocycles. The monoisotopic (exact) mass is 415 g/mol. The van der Waals surface area contributed by atoms with Crippen LogP contribution in [0.3, 0.4) is 0 Å². The van der Waals surface area contributed by atoms with E-state index in [0.717, 1.165) is 50.9 Å². The van der Waals surface area contributed by atoms with E-state index in [2.05, 4.69) is 10.0 Å². The molecule has 1 aromatic rings. The third-order valence-electron chi connectivity index (χ3n) is 5.37. The van der Waals surface area contributed by atoms with Gasteiger partial charge in [0.05, 0.1) is 10.8 Å². The van der Waals surface area contributed by atoms with Gasteiger partial charge in [-0.2, -0.15) is 0 Å². The lowest BCUT2D eigenvalue weighted by atomic mass is 9.94. The lowest BCUT2D eigenvalue weighted by molar-refractivity contribution is -0.137. The zero-order valence-electron chi connectivity index (χ0n) is 15.8. The summed E-state index contributed by atoms with van der Waals surface area (Å²) >= 11 is 0. The molecule has 1 aromatic carbocycles. The van der Waals surface area contributed by atoms with Gasteiger partial charge in [0.2, 0.25) is 15.9 Å². The summed E-state index contributed by atoms with van der Waals surface area (Å²) in [4.78, 5) is 14.9. The van der Waals surface area contributed by atoms with Gasteiger partial charge in [-0.25, -0.2) is 13.1 Å². The van der Waals surface area contributed by atoms with E-state index in [4.69, 9.17) is 0 Å². The van der Waals surface area contributed by atoms with Crippen molar-refractivity contribution >= 4 is 28.3 Å². The van der Waals surface area contributed by atoms with Crippen LogP contribution in [0.5, 0.6) is 0 Å². The molecular formula is C19H30ClN3O3S. The topological polar surface area (TPSA) is 78.5 Å². The molecule has 2 unspecified atom stereocenters. The van der Waals surface area contributed by atoms with Gasteiger partial charge in [-0.3, -0.25) is 4.79 Å². The van der Waals surface area contributed by atoms with Crippen LogP contribution in [0.25, 0.3) is 0 Å². The Kier molecular flexibility index (Phi) is 8.09. The summed E-state index contributed by atoms with van der Waals surface area (Å²) in [6.07, 6.45) is 3.88. The Morgan fingerprint density at radius 3 is 2.63 bits per heavy atom. The first-order chi connectivity index (χ1) is 12.5. The predicted octanol–water partition coefficient (Wildman–Crippen LogP) is 1.93. The molecule has 3 rings (SSSR count). The molecule has 6 nitrogen and oxygen atoms in total. The van der Waals surface area contributed by atoms with Gasteiger partial charge in [-0.05, 0) is 57.2 Å². The van der Waals surface area contributed by atoms with Crippen molar-refractivity contribution < 1.29 is 13.2 Å². The van der Waals surface area contributed by atoms with Gasteiger partial charge in [-0.15, -0.1) is 12.4 Å². The highest BCUT2D eigenvalue weighted by atomic mass is 35.5. The summed E-state index contributed by atoms with van der Waals surface area (Å²) in [7, 11) is -3.50. The van der Waals surface area contributed by atoms with Gasteiger partial charge in [0.25, 0.3) is 0 Å². The minimum atomic E-state index is -3.50. The Hall–Kier alpha value is -1.15. The number of hydrogen-bond donors (Lipinski definition) is 2. The fourth-order valence-electron chi connectivity index (χ4n) is 3.78. The summed E-state index contributed by atoms with van der Waals surface area (Å²) in [6.45, 7) is 5.50. The van der Waals surface area contributed by atoms with Gasteiger partial charge >= 0.3 is 0 Å². The number of halogens is 1. The molecule has 27 heavy (non-hydrogen) atoms. The maximum absolute atomic E-state index is 12.7. The Morgan fingerprint density at radius 1 is 1.22 bits per heavy atom. The van der Waals surface area contributed by atoms with Crippen LogP contribution < -0.4 is 10.0 Å². The van der Waals surface area contributed by atoms with E-state index in [1.165, 1.54) is 0 Å². The van der Waals surface area contributed by atoms with Crippen LogP contribution in [0.15, 0.2) is 29.2 Å². The number of nitrogens with one attached hydrogen (secondary N) is 2. The van der Waals surface area contributed by atoms with E-state index in [1.807, 2.05) is 11.8 Å². The summed E-state index contributed by atoms with van der Waals surface area (Å²) in [5.74, 6) is 0.472. The Balaban J connectivity index is 0.00000261. The highest BCUT2D eigenvalue weighted by molar-refractivity contribution is 7.89. The summed E-state index contributed by atoms with van der Waals surface area (Å²) < 4.78 is 27.6. The van der Waals surface area contributed by atoms with Gasteiger partial charge in [0.15, 0.2) is 0 Å². The molecule has 2 N–H and O–H groups in total. The minimum Gasteiger partial charge on any atom is -0.342 e. The third kappa shape index (κ3) is 5.91. The van der Waals surface area contributed by atoms with Gasteiger partial charge in [-0.1, -0.05) is 17.7 Å². The number of sulfonamides is 1. The summed E-state index contributed by atoms with van der Waals surface area (Å²) in [5.41, 5.74) is 1.03. The molecule has 2 heterocycles.